The first-order valence-electron chi connectivity index (χ1n) is 9.79. The zero-order chi connectivity index (χ0) is 23.5. The summed E-state index contributed by atoms with van der Waals surface area (Å²) in [4.78, 5) is 26.8. The van der Waals surface area contributed by atoms with Gasteiger partial charge in [0.2, 0.25) is 11.8 Å². The third-order valence-corrected chi connectivity index (χ3v) is 5.15. The number of hydrogen-bond donors (Lipinski definition) is 1. The largest absolute Gasteiger partial charge is 0.573 e. The molecule has 2 atom stereocenters. The predicted octanol–water partition coefficient (Wildman–Crippen LogP) is 3.83. The number of benzene rings is 2. The molecule has 32 heavy (non-hydrogen) atoms. The summed E-state index contributed by atoms with van der Waals surface area (Å²) in [6.07, 6.45) is -4.72. The second kappa shape index (κ2) is 9.37. The van der Waals surface area contributed by atoms with Crippen LogP contribution >= 0.6 is 0 Å². The monoisotopic (exact) mass is 452 g/mol. The Labute approximate surface area is 183 Å². The van der Waals surface area contributed by atoms with Crippen molar-refractivity contribution in [3.8, 4) is 17.2 Å². The van der Waals surface area contributed by atoms with Gasteiger partial charge in [0, 0.05) is 24.7 Å². The Bertz CT molecular complexity index is 979. The average Bonchev–Trinajstić information content (AvgIpc) is 3.14. The Morgan fingerprint density at radius 1 is 1.09 bits per heavy atom. The van der Waals surface area contributed by atoms with Crippen LogP contribution in [0.25, 0.3) is 0 Å². The molecule has 0 aliphatic carbocycles. The zero-order valence-corrected chi connectivity index (χ0v) is 17.7. The van der Waals surface area contributed by atoms with E-state index in [1.54, 1.807) is 25.1 Å². The minimum atomic E-state index is -4.77. The van der Waals surface area contributed by atoms with E-state index in [1.807, 2.05) is 0 Å². The molecule has 172 valence electrons. The first-order chi connectivity index (χ1) is 15.1. The maximum Gasteiger partial charge on any atom is 0.573 e. The molecule has 1 aliphatic heterocycles. The molecule has 7 nitrogen and oxygen atoms in total. The number of methoxy groups -OCH3 is 2. The van der Waals surface area contributed by atoms with Crippen LogP contribution in [-0.2, 0) is 9.59 Å². The summed E-state index contributed by atoms with van der Waals surface area (Å²) in [7, 11) is 3.00. The summed E-state index contributed by atoms with van der Waals surface area (Å²) in [5.41, 5.74) is 1.20. The lowest BCUT2D eigenvalue weighted by Gasteiger charge is -2.20. The average molecular weight is 452 g/mol. The molecular formula is C22H23F3N2O5. The van der Waals surface area contributed by atoms with Gasteiger partial charge in [-0.15, -0.1) is 13.2 Å². The van der Waals surface area contributed by atoms with Crippen LogP contribution < -0.4 is 24.4 Å². The van der Waals surface area contributed by atoms with Gasteiger partial charge in [0.15, 0.2) is 11.5 Å². The number of ether oxygens (including phenoxy) is 3. The number of carbonyl (C=O) groups is 2. The highest BCUT2D eigenvalue weighted by Crippen LogP contribution is 2.34. The molecule has 1 heterocycles. The Hall–Kier alpha value is -3.43. The smallest absolute Gasteiger partial charge is 0.493 e. The fourth-order valence-electron chi connectivity index (χ4n) is 3.50. The third kappa shape index (κ3) is 5.43. The number of anilines is 1. The lowest BCUT2D eigenvalue weighted by atomic mass is 10.0. The molecule has 1 N–H and O–H groups in total. The van der Waals surface area contributed by atoms with Gasteiger partial charge in [0.25, 0.3) is 0 Å². The molecule has 2 unspecified atom stereocenters. The Morgan fingerprint density at radius 2 is 1.75 bits per heavy atom. The second-order valence-corrected chi connectivity index (χ2v) is 7.29. The summed E-state index contributed by atoms with van der Waals surface area (Å²) in [5.74, 6) is -0.421. The van der Waals surface area contributed by atoms with Gasteiger partial charge >= 0.3 is 6.36 Å². The third-order valence-electron chi connectivity index (χ3n) is 5.15. The van der Waals surface area contributed by atoms with Crippen LogP contribution in [-0.4, -0.2) is 38.9 Å². The van der Waals surface area contributed by atoms with Gasteiger partial charge in [0.1, 0.15) is 5.75 Å². The topological polar surface area (TPSA) is 77.1 Å². The zero-order valence-electron chi connectivity index (χ0n) is 17.7. The highest BCUT2D eigenvalue weighted by atomic mass is 19.4. The fraction of sp³-hybridized carbons (Fsp3) is 0.364. The number of halogens is 3. The van der Waals surface area contributed by atoms with Crippen molar-refractivity contribution >= 4 is 17.5 Å². The van der Waals surface area contributed by atoms with Crippen LogP contribution in [0.3, 0.4) is 0 Å². The number of rotatable bonds is 7. The highest BCUT2D eigenvalue weighted by molar-refractivity contribution is 6.00. The fourth-order valence-corrected chi connectivity index (χ4v) is 3.50. The van der Waals surface area contributed by atoms with E-state index in [0.29, 0.717) is 22.7 Å². The van der Waals surface area contributed by atoms with Gasteiger partial charge in [-0.3, -0.25) is 9.59 Å². The van der Waals surface area contributed by atoms with E-state index < -0.39 is 18.3 Å². The van der Waals surface area contributed by atoms with Gasteiger partial charge in [0.05, 0.1) is 26.2 Å². The van der Waals surface area contributed by atoms with Crippen molar-refractivity contribution in [2.75, 3.05) is 25.7 Å². The molecule has 10 heteroatoms. The molecule has 2 amide bonds. The molecule has 0 bridgehead atoms. The molecule has 3 rings (SSSR count). The first kappa shape index (κ1) is 23.2. The summed E-state index contributed by atoms with van der Waals surface area (Å²) >= 11 is 0. The number of carbonyl (C=O) groups excluding carboxylic acids is 2. The maximum absolute atomic E-state index is 12.7. The van der Waals surface area contributed by atoms with Crippen molar-refractivity contribution in [1.82, 2.24) is 5.32 Å². The van der Waals surface area contributed by atoms with E-state index in [0.717, 1.165) is 0 Å². The molecule has 1 aliphatic rings. The molecule has 0 saturated carbocycles. The molecule has 2 aromatic carbocycles. The molecule has 0 spiro atoms. The minimum Gasteiger partial charge on any atom is -0.493 e. The van der Waals surface area contributed by atoms with Crippen LogP contribution in [0.15, 0.2) is 42.5 Å². The number of nitrogens with zero attached hydrogens (tertiary/aromatic N) is 1. The molecule has 0 radical (unpaired) electrons. The maximum atomic E-state index is 12.7. The van der Waals surface area contributed by atoms with Crippen LogP contribution in [0.2, 0.25) is 0 Å². The van der Waals surface area contributed by atoms with E-state index >= 15 is 0 Å². The van der Waals surface area contributed by atoms with Crippen molar-refractivity contribution in [3.63, 3.8) is 0 Å². The van der Waals surface area contributed by atoms with Crippen molar-refractivity contribution in [3.05, 3.63) is 48.0 Å². The minimum absolute atomic E-state index is 0.0469. The van der Waals surface area contributed by atoms with Crippen molar-refractivity contribution in [2.45, 2.75) is 25.7 Å². The van der Waals surface area contributed by atoms with E-state index in [-0.39, 0.29) is 30.5 Å². The molecule has 2 aromatic rings. The van der Waals surface area contributed by atoms with Gasteiger partial charge in [-0.25, -0.2) is 0 Å². The number of alkyl halides is 3. The van der Waals surface area contributed by atoms with E-state index in [4.69, 9.17) is 9.47 Å². The first-order valence-corrected chi connectivity index (χ1v) is 9.79. The molecule has 1 saturated heterocycles. The highest BCUT2D eigenvalue weighted by Gasteiger charge is 2.36. The summed E-state index contributed by atoms with van der Waals surface area (Å²) in [5, 5.41) is 2.81. The summed E-state index contributed by atoms with van der Waals surface area (Å²) in [6, 6.07) is 9.86. The molecule has 1 fully saturated rings. The number of hydrogen-bond acceptors (Lipinski definition) is 5. The Kier molecular flexibility index (Phi) is 6.81. The SMILES string of the molecule is COc1ccc(N2CC(C(=O)NC(C)c3ccc(OC(F)(F)F)cc3)CC2=O)cc1OC. The number of nitrogens with one attached hydrogen (secondary N) is 1. The van der Waals surface area contributed by atoms with Gasteiger partial charge in [-0.2, -0.15) is 0 Å². The lowest BCUT2D eigenvalue weighted by Crippen LogP contribution is -2.34. The van der Waals surface area contributed by atoms with Gasteiger partial charge in [-0.1, -0.05) is 12.1 Å². The van der Waals surface area contributed by atoms with E-state index in [2.05, 4.69) is 10.1 Å². The summed E-state index contributed by atoms with van der Waals surface area (Å²) in [6.45, 7) is 1.91. The van der Waals surface area contributed by atoms with E-state index in [9.17, 15) is 22.8 Å². The Morgan fingerprint density at radius 3 is 2.34 bits per heavy atom. The molecule has 0 aromatic heterocycles. The molecular weight excluding hydrogens is 429 g/mol. The standard InChI is InChI=1S/C22H23F3N2O5/c1-13(14-4-7-17(8-5-14)32-22(23,24)25)26-21(29)15-10-20(28)27(12-15)16-6-9-18(30-2)19(11-16)31-3/h4-9,11,13,15H,10,12H2,1-3H3,(H,26,29). The summed E-state index contributed by atoms with van der Waals surface area (Å²) < 4.78 is 51.2. The van der Waals surface area contributed by atoms with Crippen LogP contribution in [0.5, 0.6) is 17.2 Å². The van der Waals surface area contributed by atoms with Gasteiger partial charge in [-0.05, 0) is 36.8 Å². The van der Waals surface area contributed by atoms with Crippen molar-refractivity contribution < 1.29 is 37.0 Å². The van der Waals surface area contributed by atoms with Crippen molar-refractivity contribution in [1.29, 1.82) is 0 Å². The predicted molar refractivity (Wildman–Crippen MR) is 110 cm³/mol. The Balaban J connectivity index is 1.63. The number of amides is 2. The van der Waals surface area contributed by atoms with Crippen LogP contribution in [0.1, 0.15) is 24.9 Å². The van der Waals surface area contributed by atoms with Crippen LogP contribution in [0.4, 0.5) is 18.9 Å². The lowest BCUT2D eigenvalue weighted by molar-refractivity contribution is -0.274. The quantitative estimate of drug-likeness (QED) is 0.691. The normalized spacial score (nSPS) is 17.1. The van der Waals surface area contributed by atoms with Crippen molar-refractivity contribution in [2.24, 2.45) is 5.92 Å². The second-order valence-electron chi connectivity index (χ2n) is 7.29. The van der Waals surface area contributed by atoms with Gasteiger partial charge < -0.3 is 24.4 Å². The van der Waals surface area contributed by atoms with E-state index in [1.165, 1.54) is 43.4 Å². The van der Waals surface area contributed by atoms with Crippen LogP contribution in [0, 0.1) is 5.92 Å².